The van der Waals surface area contributed by atoms with Crippen LogP contribution in [0.1, 0.15) is 0 Å². The van der Waals surface area contributed by atoms with E-state index >= 15 is 0 Å². The van der Waals surface area contributed by atoms with E-state index in [0.29, 0.717) is 0 Å². The number of hydrogen-bond acceptors (Lipinski definition) is 1. The molecule has 3 heteroatoms. The largest absolute Gasteiger partial charge is 0.521 e. The first-order valence-corrected chi connectivity index (χ1v) is 4.53. The van der Waals surface area contributed by atoms with Crippen molar-refractivity contribution in [2.75, 3.05) is 0 Å². The van der Waals surface area contributed by atoms with Crippen molar-refractivity contribution in [3.05, 3.63) is 48.4 Å². The Morgan fingerprint density at radius 1 is 1.45 bits per heavy atom. The van der Waals surface area contributed by atoms with E-state index in [2.05, 4.69) is 24.2 Å². The van der Waals surface area contributed by atoms with Crippen molar-refractivity contribution in [1.29, 1.82) is 0 Å². The number of thiophene rings is 1. The van der Waals surface area contributed by atoms with Crippen LogP contribution in [0, 0.1) is 65.4 Å². The van der Waals surface area contributed by atoms with E-state index in [0.717, 1.165) is 0 Å². The van der Waals surface area contributed by atoms with Gasteiger partial charge in [0.2, 0.25) is 0 Å². The fourth-order valence-corrected chi connectivity index (χ4v) is 0.589. The van der Waals surface area contributed by atoms with Crippen LogP contribution in [0.4, 0.5) is 0 Å². The molecule has 1 aromatic heterocycles. The molecule has 11 heavy (non-hydrogen) atoms. The third-order valence-electron chi connectivity index (χ3n) is 0.379. The predicted octanol–water partition coefficient (Wildman–Crippen LogP) is 3.82. The molecular formula is C8H11ISSm-4. The standard InChI is InChI=1S/C4H3S.C2H3.CH2I.CH3.Sm/c1-2-4-5-3-1;2*1-2;;/h1,3-4H;1H,2H2;1H2;1H3;/q4*-1;. The summed E-state index contributed by atoms with van der Waals surface area (Å²) in [6.45, 7) is 7.00. The fraction of sp³-hybridized carbons (Fsp3) is 0. The van der Waals surface area contributed by atoms with Crippen molar-refractivity contribution in [2.24, 2.45) is 0 Å². The van der Waals surface area contributed by atoms with Crippen LogP contribution in [-0.4, -0.2) is 0 Å². The Morgan fingerprint density at radius 2 is 1.91 bits per heavy atom. The van der Waals surface area contributed by atoms with E-state index in [1.807, 2.05) is 39.4 Å². The van der Waals surface area contributed by atoms with Gasteiger partial charge in [0.05, 0.1) is 0 Å². The molecule has 0 atom stereocenters. The third-order valence-corrected chi connectivity index (χ3v) is 0.944. The Bertz CT molecular complexity index is 81.0. The zero-order valence-electron chi connectivity index (χ0n) is 6.42. The molecule has 1 heterocycles. The summed E-state index contributed by atoms with van der Waals surface area (Å²) < 4.78 is 0. The molecule has 0 amide bonds. The summed E-state index contributed by atoms with van der Waals surface area (Å²) in [6.07, 6.45) is 0. The SMILES string of the molecule is [CH-]=C.[CH2-]I.[CH3-].[Sm].[c-]1ccsc1. The van der Waals surface area contributed by atoms with Crippen LogP contribution in [0.3, 0.4) is 0 Å². The molecule has 0 aromatic carbocycles. The van der Waals surface area contributed by atoms with Crippen LogP contribution >= 0.6 is 33.9 Å². The summed E-state index contributed by atoms with van der Waals surface area (Å²) in [6, 6.07) is 4.77. The van der Waals surface area contributed by atoms with Crippen molar-refractivity contribution in [3.8, 4) is 0 Å². The molecule has 0 bridgehead atoms. The zero-order valence-corrected chi connectivity index (χ0v) is 12.0. The molecule has 0 fully saturated rings. The normalized spacial score (nSPS) is 4.55. The summed E-state index contributed by atoms with van der Waals surface area (Å²) >= 11 is 3.56. The Kier molecular flexibility index (Phi) is 62.4. The molecule has 66 valence electrons. The zero-order chi connectivity index (χ0) is 7.54. The van der Waals surface area contributed by atoms with Crippen molar-refractivity contribution in [1.82, 2.24) is 0 Å². The molecule has 0 unspecified atom stereocenters. The van der Waals surface area contributed by atoms with Gasteiger partial charge in [0.15, 0.2) is 0 Å². The Hall–Kier alpha value is 1.51. The van der Waals surface area contributed by atoms with Crippen molar-refractivity contribution in [2.45, 2.75) is 0 Å². The first-order valence-electron chi connectivity index (χ1n) is 2.06. The molecule has 0 aliphatic carbocycles. The first-order chi connectivity index (χ1) is 4.50. The van der Waals surface area contributed by atoms with Crippen LogP contribution in [0.5, 0.6) is 0 Å². The van der Waals surface area contributed by atoms with Crippen LogP contribution in [0.25, 0.3) is 0 Å². The molecule has 0 spiro atoms. The van der Waals surface area contributed by atoms with E-state index in [1.165, 1.54) is 0 Å². The van der Waals surface area contributed by atoms with E-state index in [4.69, 9.17) is 0 Å². The molecule has 1 rings (SSSR count). The van der Waals surface area contributed by atoms with Gasteiger partial charge >= 0.3 is 0 Å². The van der Waals surface area contributed by atoms with Gasteiger partial charge in [0, 0.05) is 40.4 Å². The smallest absolute Gasteiger partial charge is 0 e. The van der Waals surface area contributed by atoms with Gasteiger partial charge in [0.25, 0.3) is 0 Å². The van der Waals surface area contributed by atoms with Gasteiger partial charge in [-0.2, -0.15) is 5.38 Å². The molecule has 0 aliphatic heterocycles. The first kappa shape index (κ1) is 22.9. The van der Waals surface area contributed by atoms with Crippen molar-refractivity contribution in [3.63, 3.8) is 0 Å². The van der Waals surface area contributed by atoms with Crippen LogP contribution in [-0.2, 0) is 0 Å². The van der Waals surface area contributed by atoms with Gasteiger partial charge < -0.3 is 36.6 Å². The predicted molar refractivity (Wildman–Crippen MR) is 58.9 cm³/mol. The molecule has 1 aromatic rings. The maximum atomic E-state index is 4.25. The van der Waals surface area contributed by atoms with E-state index in [1.54, 1.807) is 11.3 Å². The topological polar surface area (TPSA) is 0 Å². The van der Waals surface area contributed by atoms with Crippen molar-refractivity contribution < 1.29 is 40.4 Å². The molecule has 0 N–H and O–H groups in total. The summed E-state index contributed by atoms with van der Waals surface area (Å²) in [5.74, 6) is 0. The van der Waals surface area contributed by atoms with E-state index in [-0.39, 0.29) is 47.8 Å². The molecule has 0 saturated heterocycles. The van der Waals surface area contributed by atoms with Gasteiger partial charge in [-0.3, -0.25) is 22.8 Å². The van der Waals surface area contributed by atoms with Gasteiger partial charge in [-0.15, -0.1) is 5.38 Å². The summed E-state index contributed by atoms with van der Waals surface area (Å²) in [5.41, 5.74) is 0. The van der Waals surface area contributed by atoms with Crippen LogP contribution < -0.4 is 0 Å². The minimum atomic E-state index is 0. The van der Waals surface area contributed by atoms with Crippen LogP contribution in [0.15, 0.2) is 23.4 Å². The monoisotopic (exact) mass is 418 g/mol. The molecule has 0 saturated carbocycles. The molecule has 0 aliphatic rings. The van der Waals surface area contributed by atoms with Crippen molar-refractivity contribution >= 4 is 33.9 Å². The third kappa shape index (κ3) is 24.6. The second kappa shape index (κ2) is 30.0. The van der Waals surface area contributed by atoms with Gasteiger partial charge in [-0.05, 0) is 0 Å². The fourth-order valence-electron chi connectivity index (χ4n) is 0.196. The van der Waals surface area contributed by atoms with Gasteiger partial charge in [0.1, 0.15) is 0 Å². The number of rotatable bonds is 0. The second-order valence-corrected chi connectivity index (χ2v) is 1.50. The van der Waals surface area contributed by atoms with Crippen LogP contribution in [0.2, 0.25) is 0 Å². The number of hydrogen-bond donors (Lipinski definition) is 0. The van der Waals surface area contributed by atoms with Gasteiger partial charge in [-0.1, -0.05) is 0 Å². The molecular weight excluding hydrogens is 405 g/mol. The summed E-state index contributed by atoms with van der Waals surface area (Å²) in [4.78, 5) is 3.22. The maximum absolute atomic E-state index is 4.25. The average Bonchev–Trinajstić information content (AvgIpc) is 2.51. The molecule has 0 nitrogen and oxygen atoms in total. The van der Waals surface area contributed by atoms with E-state index < -0.39 is 0 Å². The maximum Gasteiger partial charge on any atom is 0 e. The second-order valence-electron chi connectivity index (χ2n) is 0.723. The Balaban J connectivity index is -0.0000000369. The van der Waals surface area contributed by atoms with Gasteiger partial charge in [-0.25, -0.2) is 12.1 Å². The molecule has 0 radical (unpaired) electrons. The minimum absolute atomic E-state index is 0. The average molecular weight is 417 g/mol. The Morgan fingerprint density at radius 3 is 2.00 bits per heavy atom. The minimum Gasteiger partial charge on any atom is -0.521 e. The summed E-state index contributed by atoms with van der Waals surface area (Å²) in [7, 11) is 0. The Labute approximate surface area is 121 Å². The van der Waals surface area contributed by atoms with E-state index in [9.17, 15) is 0 Å². The number of halogens is 1. The summed E-state index contributed by atoms with van der Waals surface area (Å²) in [5, 5.41) is 3.90. The quantitative estimate of drug-likeness (QED) is 0.446.